The molecule has 0 N–H and O–H groups in total. The number of rotatable bonds is 3. The summed E-state index contributed by atoms with van der Waals surface area (Å²) >= 11 is 1.82. The molecule has 0 radical (unpaired) electrons. The van der Waals surface area contributed by atoms with Crippen LogP contribution in [0.1, 0.15) is 0 Å². The second kappa shape index (κ2) is 9.83. The molecule has 4 heteroatoms. The number of furan rings is 1. The molecule has 214 valence electrons. The zero-order valence-corrected chi connectivity index (χ0v) is 25.4. The van der Waals surface area contributed by atoms with Gasteiger partial charge < -0.3 is 4.42 Å². The SMILES string of the molecule is c1cc(-c2nc3ccccc3nc2-c2cccc3sc4ccccc4c23)cc(-c2cccc3cc4c(cc23)oc2ccccc24)c1. The van der Waals surface area contributed by atoms with Gasteiger partial charge in [0.15, 0.2) is 0 Å². The van der Waals surface area contributed by atoms with Crippen molar-refractivity contribution in [2.45, 2.75) is 0 Å². The highest BCUT2D eigenvalue weighted by Crippen LogP contribution is 2.43. The van der Waals surface area contributed by atoms with E-state index in [9.17, 15) is 0 Å². The van der Waals surface area contributed by atoms with Gasteiger partial charge in [-0.3, -0.25) is 0 Å². The molecule has 0 saturated heterocycles. The van der Waals surface area contributed by atoms with Gasteiger partial charge in [-0.15, -0.1) is 11.3 Å². The maximum absolute atomic E-state index is 6.29. The van der Waals surface area contributed by atoms with Gasteiger partial charge in [0.1, 0.15) is 11.2 Å². The minimum Gasteiger partial charge on any atom is -0.456 e. The third kappa shape index (κ3) is 3.84. The lowest BCUT2D eigenvalue weighted by atomic mass is 9.94. The summed E-state index contributed by atoms with van der Waals surface area (Å²) in [5.74, 6) is 0. The summed E-state index contributed by atoms with van der Waals surface area (Å²) in [6.45, 7) is 0. The molecule has 0 bridgehead atoms. The van der Waals surface area contributed by atoms with Gasteiger partial charge in [-0.2, -0.15) is 0 Å². The minimum atomic E-state index is 0.878. The fourth-order valence-corrected chi connectivity index (χ4v) is 8.08. The van der Waals surface area contributed by atoms with Crippen LogP contribution in [0.3, 0.4) is 0 Å². The van der Waals surface area contributed by atoms with E-state index in [1.54, 1.807) is 0 Å². The predicted molar refractivity (Wildman–Crippen MR) is 194 cm³/mol. The van der Waals surface area contributed by atoms with Crippen LogP contribution in [0.25, 0.3) is 97.6 Å². The second-order valence-corrected chi connectivity index (χ2v) is 12.8. The van der Waals surface area contributed by atoms with Crippen LogP contribution < -0.4 is 0 Å². The molecule has 0 amide bonds. The average molecular weight is 605 g/mol. The first kappa shape index (κ1) is 25.5. The summed E-state index contributed by atoms with van der Waals surface area (Å²) in [4.78, 5) is 10.6. The summed E-state index contributed by atoms with van der Waals surface area (Å²) in [6.07, 6.45) is 0. The number of aromatic nitrogens is 2. The predicted octanol–water partition coefficient (Wildman–Crippen LogP) is 12.1. The van der Waals surface area contributed by atoms with Crippen LogP contribution in [0.15, 0.2) is 150 Å². The zero-order chi connectivity index (χ0) is 30.2. The fraction of sp³-hybridized carbons (Fsp3) is 0. The number of benzene rings is 7. The van der Waals surface area contributed by atoms with Gasteiger partial charge in [0.2, 0.25) is 0 Å². The summed E-state index contributed by atoms with van der Waals surface area (Å²) in [6, 6.07) is 51.2. The van der Waals surface area contributed by atoms with Gasteiger partial charge in [-0.05, 0) is 70.4 Å². The van der Waals surface area contributed by atoms with Crippen molar-refractivity contribution in [2.75, 3.05) is 0 Å². The van der Waals surface area contributed by atoms with Crippen LogP contribution in [-0.4, -0.2) is 9.97 Å². The fourth-order valence-electron chi connectivity index (χ4n) is 6.94. The van der Waals surface area contributed by atoms with Crippen molar-refractivity contribution < 1.29 is 4.42 Å². The van der Waals surface area contributed by atoms with Crippen molar-refractivity contribution in [1.82, 2.24) is 9.97 Å². The molecule has 0 fully saturated rings. The van der Waals surface area contributed by atoms with E-state index in [4.69, 9.17) is 14.4 Å². The lowest BCUT2D eigenvalue weighted by Crippen LogP contribution is -1.96. The Morgan fingerprint density at radius 1 is 0.435 bits per heavy atom. The van der Waals surface area contributed by atoms with E-state index in [1.807, 2.05) is 47.7 Å². The van der Waals surface area contributed by atoms with Crippen LogP contribution in [0.4, 0.5) is 0 Å². The molecule has 7 aromatic carbocycles. The third-order valence-electron chi connectivity index (χ3n) is 9.05. The smallest absolute Gasteiger partial charge is 0.136 e. The highest BCUT2D eigenvalue weighted by molar-refractivity contribution is 7.25. The first-order valence-electron chi connectivity index (χ1n) is 15.4. The lowest BCUT2D eigenvalue weighted by molar-refractivity contribution is 0.669. The third-order valence-corrected chi connectivity index (χ3v) is 10.2. The molecule has 0 aliphatic heterocycles. The van der Waals surface area contributed by atoms with Crippen molar-refractivity contribution in [3.8, 4) is 33.6 Å². The number of fused-ring (bicyclic) bond motifs is 8. The molecule has 0 spiro atoms. The lowest BCUT2D eigenvalue weighted by Gasteiger charge is -2.14. The van der Waals surface area contributed by atoms with Crippen molar-refractivity contribution in [3.05, 3.63) is 146 Å². The normalized spacial score (nSPS) is 11.9. The number of hydrogen-bond acceptors (Lipinski definition) is 4. The minimum absolute atomic E-state index is 0.878. The van der Waals surface area contributed by atoms with Gasteiger partial charge in [0.25, 0.3) is 0 Å². The van der Waals surface area contributed by atoms with E-state index in [0.717, 1.165) is 72.0 Å². The number of thiophene rings is 1. The van der Waals surface area contributed by atoms with Gasteiger partial charge in [-0.1, -0.05) is 97.1 Å². The molecule has 0 aliphatic carbocycles. The molecule has 10 aromatic rings. The second-order valence-electron chi connectivity index (χ2n) is 11.7. The Balaban J connectivity index is 1.21. The Morgan fingerprint density at radius 3 is 2.04 bits per heavy atom. The Morgan fingerprint density at radius 2 is 1.13 bits per heavy atom. The van der Waals surface area contributed by atoms with Crippen molar-refractivity contribution >= 4 is 75.3 Å². The van der Waals surface area contributed by atoms with Gasteiger partial charge in [0.05, 0.1) is 22.4 Å². The molecular formula is C42H24N2OS. The molecule has 10 rings (SSSR count). The van der Waals surface area contributed by atoms with Crippen LogP contribution >= 0.6 is 11.3 Å². The molecule has 3 heterocycles. The molecule has 46 heavy (non-hydrogen) atoms. The van der Waals surface area contributed by atoms with Crippen molar-refractivity contribution in [3.63, 3.8) is 0 Å². The monoisotopic (exact) mass is 604 g/mol. The largest absolute Gasteiger partial charge is 0.456 e. The molecular weight excluding hydrogens is 581 g/mol. The molecule has 0 aliphatic rings. The quantitative estimate of drug-likeness (QED) is 0.201. The van der Waals surface area contributed by atoms with E-state index in [1.165, 1.54) is 25.6 Å². The summed E-state index contributed by atoms with van der Waals surface area (Å²) in [7, 11) is 0. The van der Waals surface area contributed by atoms with Crippen molar-refractivity contribution in [1.29, 1.82) is 0 Å². The maximum atomic E-state index is 6.29. The van der Waals surface area contributed by atoms with Crippen LogP contribution in [-0.2, 0) is 0 Å². The zero-order valence-electron chi connectivity index (χ0n) is 24.6. The summed E-state index contributed by atoms with van der Waals surface area (Å²) in [5, 5.41) is 7.10. The van der Waals surface area contributed by atoms with Crippen molar-refractivity contribution in [2.24, 2.45) is 0 Å². The molecule has 3 aromatic heterocycles. The Kier molecular flexibility index (Phi) is 5.45. The molecule has 0 unspecified atom stereocenters. The highest BCUT2D eigenvalue weighted by Gasteiger charge is 2.19. The summed E-state index contributed by atoms with van der Waals surface area (Å²) < 4.78 is 8.82. The first-order valence-corrected chi connectivity index (χ1v) is 16.2. The topological polar surface area (TPSA) is 38.9 Å². The molecule has 0 atom stereocenters. The molecule has 3 nitrogen and oxygen atoms in total. The van der Waals surface area contributed by atoms with E-state index in [2.05, 4.69) is 109 Å². The van der Waals surface area contributed by atoms with E-state index in [0.29, 0.717) is 0 Å². The number of nitrogens with zero attached hydrogens (tertiary/aromatic N) is 2. The standard InChI is InChI=1S/C42H24N2OS/c1-5-19-36-29(13-1)33-23-26-11-8-15-28(32(26)24-37(33)45-36)25-10-7-12-27(22-25)41-42(44-35-18-4-3-17-34(35)43-41)31-16-9-21-39-40(31)30-14-2-6-20-38(30)46-39/h1-24H. The Labute approximate surface area is 268 Å². The van der Waals surface area contributed by atoms with Gasteiger partial charge in [-0.25, -0.2) is 9.97 Å². The first-order chi connectivity index (χ1) is 22.8. The van der Waals surface area contributed by atoms with Crippen LogP contribution in [0.2, 0.25) is 0 Å². The van der Waals surface area contributed by atoms with E-state index < -0.39 is 0 Å². The number of hydrogen-bond donors (Lipinski definition) is 0. The van der Waals surface area contributed by atoms with Gasteiger partial charge >= 0.3 is 0 Å². The summed E-state index contributed by atoms with van der Waals surface area (Å²) in [5.41, 5.74) is 9.76. The van der Waals surface area contributed by atoms with Crippen LogP contribution in [0.5, 0.6) is 0 Å². The van der Waals surface area contributed by atoms with E-state index in [-0.39, 0.29) is 0 Å². The Hall–Kier alpha value is -5.84. The van der Waals surface area contributed by atoms with E-state index >= 15 is 0 Å². The van der Waals surface area contributed by atoms with Gasteiger partial charge in [0, 0.05) is 42.1 Å². The molecule has 0 saturated carbocycles. The van der Waals surface area contributed by atoms with Crippen LogP contribution in [0, 0.1) is 0 Å². The highest BCUT2D eigenvalue weighted by atomic mass is 32.1. The Bertz CT molecular complexity index is 2830. The average Bonchev–Trinajstić information content (AvgIpc) is 3.68. The number of para-hydroxylation sites is 3. The maximum Gasteiger partial charge on any atom is 0.136 e.